The van der Waals surface area contributed by atoms with Crippen LogP contribution < -0.4 is 10.6 Å². The number of benzene rings is 2. The van der Waals surface area contributed by atoms with E-state index in [2.05, 4.69) is 84.7 Å². The van der Waals surface area contributed by atoms with Crippen molar-refractivity contribution in [3.8, 4) is 22.5 Å². The molecule has 0 saturated heterocycles. The first kappa shape index (κ1) is 24.8. The van der Waals surface area contributed by atoms with Crippen molar-refractivity contribution in [1.82, 2.24) is 9.97 Å². The lowest BCUT2D eigenvalue weighted by Crippen LogP contribution is -2.14. The van der Waals surface area contributed by atoms with Crippen molar-refractivity contribution in [3.05, 3.63) is 69.4 Å². The third-order valence-corrected chi connectivity index (χ3v) is 7.14. The summed E-state index contributed by atoms with van der Waals surface area (Å²) >= 11 is 2.80. The van der Waals surface area contributed by atoms with Gasteiger partial charge in [-0.3, -0.25) is 9.59 Å². The van der Waals surface area contributed by atoms with Gasteiger partial charge in [0.05, 0.1) is 11.4 Å². The van der Waals surface area contributed by atoms with Crippen LogP contribution in [0.4, 0.5) is 10.3 Å². The summed E-state index contributed by atoms with van der Waals surface area (Å²) in [5.41, 5.74) is 8.54. The second kappa shape index (κ2) is 10.9. The molecule has 4 rings (SSSR count). The maximum absolute atomic E-state index is 12.3. The first-order valence-corrected chi connectivity index (χ1v) is 13.2. The van der Waals surface area contributed by atoms with Gasteiger partial charge in [-0.05, 0) is 45.2 Å². The van der Waals surface area contributed by atoms with Gasteiger partial charge in [-0.25, -0.2) is 9.97 Å². The van der Waals surface area contributed by atoms with E-state index < -0.39 is 0 Å². The maximum Gasteiger partial charge on any atom is 0.226 e. The van der Waals surface area contributed by atoms with Crippen LogP contribution in [-0.2, 0) is 9.59 Å². The number of rotatable bonds is 8. The number of aromatic nitrogens is 2. The topological polar surface area (TPSA) is 84.0 Å². The summed E-state index contributed by atoms with van der Waals surface area (Å²) in [7, 11) is 0. The lowest BCUT2D eigenvalue weighted by atomic mass is 10.0. The van der Waals surface area contributed by atoms with Crippen molar-refractivity contribution in [2.24, 2.45) is 0 Å². The second-order valence-corrected chi connectivity index (χ2v) is 10.4. The number of amides is 2. The van der Waals surface area contributed by atoms with Crippen LogP contribution in [-0.4, -0.2) is 21.8 Å². The highest BCUT2D eigenvalue weighted by Gasteiger charge is 2.13. The molecule has 2 heterocycles. The normalized spacial score (nSPS) is 10.9. The molecule has 2 aromatic carbocycles. The highest BCUT2D eigenvalue weighted by molar-refractivity contribution is 7.14. The Labute approximate surface area is 213 Å². The standard InChI is InChI=1S/C27H28N4O2S2/c1-16-8-10-20(18(3)12-16)22-14-34-26(28-22)30-24(32)6-5-7-25(33)31-27-29-23(15-35-27)21-11-9-17(2)13-19(21)4/h8-15H,5-7H2,1-4H3,(H,28,30,32)(H,29,31,33). The molecule has 2 N–H and O–H groups in total. The van der Waals surface area contributed by atoms with Gasteiger partial charge in [0.2, 0.25) is 11.8 Å². The van der Waals surface area contributed by atoms with Crippen molar-refractivity contribution >= 4 is 44.8 Å². The average molecular weight is 505 g/mol. The summed E-state index contributed by atoms with van der Waals surface area (Å²) in [6.07, 6.45) is 0.942. The second-order valence-electron chi connectivity index (χ2n) is 8.66. The number of thiazole rings is 2. The lowest BCUT2D eigenvalue weighted by molar-refractivity contribution is -0.117. The van der Waals surface area contributed by atoms with Gasteiger partial charge in [-0.15, -0.1) is 22.7 Å². The summed E-state index contributed by atoms with van der Waals surface area (Å²) < 4.78 is 0. The van der Waals surface area contributed by atoms with Crippen LogP contribution in [0.2, 0.25) is 0 Å². The van der Waals surface area contributed by atoms with Crippen LogP contribution in [0.15, 0.2) is 47.2 Å². The number of aryl methyl sites for hydroxylation is 4. The SMILES string of the molecule is Cc1ccc(-c2csc(NC(=O)CCCC(=O)Nc3nc(-c4ccc(C)cc4C)cs3)n2)c(C)c1. The Kier molecular flexibility index (Phi) is 7.73. The third-order valence-electron chi connectivity index (χ3n) is 5.62. The van der Waals surface area contributed by atoms with Crippen LogP contribution in [0.5, 0.6) is 0 Å². The fourth-order valence-corrected chi connectivity index (χ4v) is 5.34. The van der Waals surface area contributed by atoms with Crippen LogP contribution in [0, 0.1) is 27.7 Å². The minimum absolute atomic E-state index is 0.147. The minimum Gasteiger partial charge on any atom is -0.302 e. The van der Waals surface area contributed by atoms with Crippen molar-refractivity contribution in [2.75, 3.05) is 10.6 Å². The number of nitrogens with zero attached hydrogens (tertiary/aromatic N) is 2. The van der Waals surface area contributed by atoms with Crippen LogP contribution in [0.25, 0.3) is 22.5 Å². The molecule has 4 aromatic rings. The molecule has 0 fully saturated rings. The van der Waals surface area contributed by atoms with Crippen molar-refractivity contribution in [3.63, 3.8) is 0 Å². The molecule has 0 spiro atoms. The van der Waals surface area contributed by atoms with Crippen molar-refractivity contribution < 1.29 is 9.59 Å². The van der Waals surface area contributed by atoms with Crippen molar-refractivity contribution in [2.45, 2.75) is 47.0 Å². The van der Waals surface area contributed by atoms with Crippen molar-refractivity contribution in [1.29, 1.82) is 0 Å². The van der Waals surface area contributed by atoms with E-state index in [1.807, 2.05) is 10.8 Å². The van der Waals surface area contributed by atoms with E-state index >= 15 is 0 Å². The first-order valence-electron chi connectivity index (χ1n) is 11.4. The summed E-state index contributed by atoms with van der Waals surface area (Å²) in [6.45, 7) is 8.23. The molecule has 0 unspecified atom stereocenters. The Morgan fingerprint density at radius 1 is 0.714 bits per heavy atom. The molecule has 8 heteroatoms. The molecule has 0 aliphatic heterocycles. The Morgan fingerprint density at radius 2 is 1.14 bits per heavy atom. The zero-order valence-electron chi connectivity index (χ0n) is 20.3. The van der Waals surface area contributed by atoms with Gasteiger partial charge in [0.15, 0.2) is 10.3 Å². The Balaban J connectivity index is 1.24. The fraction of sp³-hybridized carbons (Fsp3) is 0.259. The molecule has 180 valence electrons. The smallest absolute Gasteiger partial charge is 0.226 e. The molecule has 0 aliphatic rings. The van der Waals surface area contributed by atoms with E-state index in [0.29, 0.717) is 16.7 Å². The number of nitrogens with one attached hydrogen (secondary N) is 2. The van der Waals surface area contributed by atoms with E-state index in [1.165, 1.54) is 33.8 Å². The largest absolute Gasteiger partial charge is 0.302 e. The summed E-state index contributed by atoms with van der Waals surface area (Å²) in [5, 5.41) is 10.7. The summed E-state index contributed by atoms with van der Waals surface area (Å²) in [5.74, 6) is -0.295. The van der Waals surface area contributed by atoms with E-state index in [1.54, 1.807) is 0 Å². The van der Waals surface area contributed by atoms with Crippen LogP contribution >= 0.6 is 22.7 Å². The number of hydrogen-bond donors (Lipinski definition) is 2. The highest BCUT2D eigenvalue weighted by Crippen LogP contribution is 2.29. The Morgan fingerprint density at radius 3 is 1.54 bits per heavy atom. The van der Waals surface area contributed by atoms with Crippen LogP contribution in [0.1, 0.15) is 41.5 Å². The van der Waals surface area contributed by atoms with E-state index in [4.69, 9.17) is 0 Å². The molecule has 2 aromatic heterocycles. The molecule has 0 saturated carbocycles. The quantitative estimate of drug-likeness (QED) is 0.273. The molecule has 0 aliphatic carbocycles. The van der Waals surface area contributed by atoms with Gasteiger partial charge >= 0.3 is 0 Å². The van der Waals surface area contributed by atoms with Gasteiger partial charge in [-0.2, -0.15) is 0 Å². The number of carbonyl (C=O) groups excluding carboxylic acids is 2. The number of anilines is 2. The van der Waals surface area contributed by atoms with E-state index in [0.717, 1.165) is 33.6 Å². The highest BCUT2D eigenvalue weighted by atomic mass is 32.1. The monoisotopic (exact) mass is 504 g/mol. The van der Waals surface area contributed by atoms with E-state index in [-0.39, 0.29) is 24.7 Å². The van der Waals surface area contributed by atoms with Gasteiger partial charge in [0, 0.05) is 34.7 Å². The predicted octanol–water partition coefficient (Wildman–Crippen LogP) is 6.91. The van der Waals surface area contributed by atoms with Gasteiger partial charge < -0.3 is 10.6 Å². The molecule has 0 atom stereocenters. The van der Waals surface area contributed by atoms with E-state index in [9.17, 15) is 9.59 Å². The molecule has 35 heavy (non-hydrogen) atoms. The van der Waals surface area contributed by atoms with Gasteiger partial charge in [0.1, 0.15) is 0 Å². The third kappa shape index (κ3) is 6.41. The molecule has 0 radical (unpaired) electrons. The number of carbonyl (C=O) groups is 2. The van der Waals surface area contributed by atoms with Gasteiger partial charge in [0.25, 0.3) is 0 Å². The molecule has 6 nitrogen and oxygen atoms in total. The molecular formula is C27H28N4O2S2. The summed E-state index contributed by atoms with van der Waals surface area (Å²) in [6, 6.07) is 12.5. The zero-order chi connectivity index (χ0) is 24.9. The first-order chi connectivity index (χ1) is 16.8. The maximum atomic E-state index is 12.3. The Hall–Kier alpha value is -3.36. The van der Waals surface area contributed by atoms with Crippen LogP contribution in [0.3, 0.4) is 0 Å². The fourth-order valence-electron chi connectivity index (χ4n) is 3.88. The summed E-state index contributed by atoms with van der Waals surface area (Å²) in [4.78, 5) is 33.8. The lowest BCUT2D eigenvalue weighted by Gasteiger charge is -2.04. The average Bonchev–Trinajstić information content (AvgIpc) is 3.43. The van der Waals surface area contributed by atoms with Gasteiger partial charge in [-0.1, -0.05) is 47.5 Å². The Bertz CT molecular complexity index is 1270. The number of hydrogen-bond acceptors (Lipinski definition) is 6. The molecular weight excluding hydrogens is 476 g/mol. The molecule has 2 amide bonds. The predicted molar refractivity (Wildman–Crippen MR) is 145 cm³/mol. The minimum atomic E-state index is -0.147. The zero-order valence-corrected chi connectivity index (χ0v) is 21.9. The molecule has 0 bridgehead atoms.